The first-order valence-corrected chi connectivity index (χ1v) is 8.39. The number of phosphoric ester groups is 1. The maximum absolute atomic E-state index is 12.3. The molecule has 0 spiro atoms. The van der Waals surface area contributed by atoms with Crippen LogP contribution >= 0.6 is 42.6 Å². The summed E-state index contributed by atoms with van der Waals surface area (Å²) in [5.41, 5.74) is 0. The van der Waals surface area contributed by atoms with Gasteiger partial charge in [-0.25, -0.2) is 9.09 Å². The lowest BCUT2D eigenvalue weighted by molar-refractivity contribution is 0.0820. The zero-order valence-corrected chi connectivity index (χ0v) is 14.2. The van der Waals surface area contributed by atoms with E-state index in [0.717, 1.165) is 0 Å². The normalized spacial score (nSPS) is 13.6. The molecular weight excluding hydrogens is 321 g/mol. The fourth-order valence-electron chi connectivity index (χ4n) is 0.759. The summed E-state index contributed by atoms with van der Waals surface area (Å²) in [6.07, 6.45) is 0. The van der Waals surface area contributed by atoms with Crippen LogP contribution in [0.4, 0.5) is 0 Å². The quantitative estimate of drug-likeness (QED) is 0.445. The molecule has 0 saturated carbocycles. The molecular formula is C10H20Cl3O4P. The van der Waals surface area contributed by atoms with E-state index in [0.29, 0.717) is 0 Å². The van der Waals surface area contributed by atoms with Crippen LogP contribution in [0.1, 0.15) is 27.7 Å². The van der Waals surface area contributed by atoms with Gasteiger partial charge in [-0.2, -0.15) is 0 Å². The maximum Gasteiger partial charge on any atom is 0.477 e. The number of halogens is 3. The van der Waals surface area contributed by atoms with Gasteiger partial charge >= 0.3 is 7.82 Å². The van der Waals surface area contributed by atoms with E-state index < -0.39 is 12.3 Å². The van der Waals surface area contributed by atoms with Gasteiger partial charge in [-0.1, -0.05) is 50.9 Å². The third-order valence-corrected chi connectivity index (χ3v) is 4.29. The minimum absolute atomic E-state index is 0.167. The lowest BCUT2D eigenvalue weighted by Gasteiger charge is -2.25. The predicted molar refractivity (Wildman–Crippen MR) is 75.4 cm³/mol. The lowest BCUT2D eigenvalue weighted by atomic mass is 10.2. The number of hydrogen-bond donors (Lipinski definition) is 0. The Bertz CT molecular complexity index is 268. The van der Waals surface area contributed by atoms with Crippen LogP contribution in [-0.2, 0) is 18.1 Å². The lowest BCUT2D eigenvalue weighted by Crippen LogP contribution is -2.21. The SMILES string of the molecule is CC(C)COP(=O)(OCC(C)C)OC(Cl)(Cl)CCl. The van der Waals surface area contributed by atoms with E-state index in [4.69, 9.17) is 48.4 Å². The van der Waals surface area contributed by atoms with Crippen LogP contribution in [0.3, 0.4) is 0 Å². The second-order valence-corrected chi connectivity index (χ2v) is 7.96. The number of hydrogen-bond acceptors (Lipinski definition) is 4. The maximum atomic E-state index is 12.3. The molecule has 0 aromatic rings. The summed E-state index contributed by atoms with van der Waals surface area (Å²) < 4.78 is 25.8. The van der Waals surface area contributed by atoms with Gasteiger partial charge in [0, 0.05) is 0 Å². The van der Waals surface area contributed by atoms with Gasteiger partial charge in [0.15, 0.2) is 0 Å². The summed E-state index contributed by atoms with van der Waals surface area (Å²) in [6, 6.07) is 0. The molecule has 0 aliphatic rings. The van der Waals surface area contributed by atoms with E-state index in [1.807, 2.05) is 27.7 Å². The topological polar surface area (TPSA) is 44.8 Å². The first-order valence-electron chi connectivity index (χ1n) is 5.64. The summed E-state index contributed by atoms with van der Waals surface area (Å²) in [4.78, 5) is 0. The smallest absolute Gasteiger partial charge is 0.287 e. The van der Waals surface area contributed by atoms with Crippen LogP contribution in [0.25, 0.3) is 0 Å². The van der Waals surface area contributed by atoms with Gasteiger partial charge in [-0.15, -0.1) is 11.6 Å². The fraction of sp³-hybridized carbons (Fsp3) is 1.00. The highest BCUT2D eigenvalue weighted by Crippen LogP contribution is 2.55. The van der Waals surface area contributed by atoms with E-state index in [1.165, 1.54) is 0 Å². The Labute approximate surface area is 124 Å². The molecule has 8 heteroatoms. The van der Waals surface area contributed by atoms with Crippen molar-refractivity contribution in [1.29, 1.82) is 0 Å². The second kappa shape index (κ2) is 8.31. The molecule has 4 nitrogen and oxygen atoms in total. The highest BCUT2D eigenvalue weighted by Gasteiger charge is 2.38. The molecule has 0 rings (SSSR count). The van der Waals surface area contributed by atoms with E-state index in [2.05, 4.69) is 0 Å². The molecule has 0 N–H and O–H groups in total. The van der Waals surface area contributed by atoms with Gasteiger partial charge < -0.3 is 0 Å². The first-order chi connectivity index (χ1) is 8.10. The number of rotatable bonds is 9. The minimum Gasteiger partial charge on any atom is -0.287 e. The Hall–Kier alpha value is 0.980. The van der Waals surface area contributed by atoms with E-state index in [9.17, 15) is 4.57 Å². The molecule has 110 valence electrons. The number of alkyl halides is 3. The summed E-state index contributed by atoms with van der Waals surface area (Å²) >= 11 is 16.9. The van der Waals surface area contributed by atoms with Crippen LogP contribution < -0.4 is 0 Å². The van der Waals surface area contributed by atoms with Crippen LogP contribution in [0.15, 0.2) is 0 Å². The molecule has 0 aromatic heterocycles. The van der Waals surface area contributed by atoms with Gasteiger partial charge in [0.25, 0.3) is 0 Å². The Morgan fingerprint density at radius 3 is 1.72 bits per heavy atom. The van der Waals surface area contributed by atoms with E-state index in [1.54, 1.807) is 0 Å². The second-order valence-electron chi connectivity index (χ2n) is 4.69. The molecule has 0 heterocycles. The predicted octanol–water partition coefficient (Wildman–Crippen LogP) is 4.83. The molecule has 0 radical (unpaired) electrons. The van der Waals surface area contributed by atoms with Crippen molar-refractivity contribution in [2.45, 2.75) is 32.2 Å². The van der Waals surface area contributed by atoms with Crippen LogP contribution in [0.2, 0.25) is 0 Å². The fourth-order valence-corrected chi connectivity index (χ4v) is 2.93. The van der Waals surface area contributed by atoms with Crippen molar-refractivity contribution >= 4 is 42.6 Å². The van der Waals surface area contributed by atoms with Gasteiger partial charge in [0.05, 0.1) is 19.1 Å². The van der Waals surface area contributed by atoms with Crippen LogP contribution in [0.5, 0.6) is 0 Å². The monoisotopic (exact) mass is 340 g/mol. The molecule has 0 fully saturated rings. The minimum atomic E-state index is -3.81. The van der Waals surface area contributed by atoms with Crippen molar-refractivity contribution in [3.8, 4) is 0 Å². The van der Waals surface area contributed by atoms with Gasteiger partial charge in [-0.3, -0.25) is 9.05 Å². The molecule has 0 aliphatic carbocycles. The van der Waals surface area contributed by atoms with Crippen molar-refractivity contribution in [3.05, 3.63) is 0 Å². The van der Waals surface area contributed by atoms with Crippen molar-refractivity contribution in [2.24, 2.45) is 11.8 Å². The molecule has 0 unspecified atom stereocenters. The molecule has 0 atom stereocenters. The average Bonchev–Trinajstić information content (AvgIpc) is 2.23. The van der Waals surface area contributed by atoms with E-state index in [-0.39, 0.29) is 30.9 Å². The average molecular weight is 342 g/mol. The van der Waals surface area contributed by atoms with Gasteiger partial charge in [0.2, 0.25) is 4.52 Å². The largest absolute Gasteiger partial charge is 0.477 e. The Morgan fingerprint density at radius 1 is 1.06 bits per heavy atom. The molecule has 0 aliphatic heterocycles. The molecule has 0 amide bonds. The van der Waals surface area contributed by atoms with Gasteiger partial charge in [-0.05, 0) is 11.8 Å². The zero-order chi connectivity index (χ0) is 14.4. The summed E-state index contributed by atoms with van der Waals surface area (Å²) in [5, 5.41) is 0. The zero-order valence-electron chi connectivity index (χ0n) is 11.0. The summed E-state index contributed by atoms with van der Waals surface area (Å²) in [5.74, 6) is 0.0807. The third kappa shape index (κ3) is 8.98. The molecule has 0 bridgehead atoms. The number of phosphoric acid groups is 1. The Kier molecular flexibility index (Phi) is 8.76. The highest BCUT2D eigenvalue weighted by molar-refractivity contribution is 7.48. The van der Waals surface area contributed by atoms with Crippen LogP contribution in [0, 0.1) is 11.8 Å². The van der Waals surface area contributed by atoms with Crippen molar-refractivity contribution in [1.82, 2.24) is 0 Å². The third-order valence-electron chi connectivity index (χ3n) is 1.53. The first kappa shape index (κ1) is 19.0. The standard InChI is InChI=1S/C10H20Cl3O4P/c1-8(2)5-15-18(14,16-6-9(3)4)17-10(12,13)7-11/h8-9H,5-7H2,1-4H3. The Morgan fingerprint density at radius 2 is 1.44 bits per heavy atom. The van der Waals surface area contributed by atoms with E-state index >= 15 is 0 Å². The van der Waals surface area contributed by atoms with Gasteiger partial charge in [0.1, 0.15) is 0 Å². The molecule has 18 heavy (non-hydrogen) atoms. The summed E-state index contributed by atoms with van der Waals surface area (Å²) in [6.45, 7) is 8.04. The Balaban J connectivity index is 4.63. The highest BCUT2D eigenvalue weighted by atomic mass is 35.5. The molecule has 0 saturated heterocycles. The molecule has 0 aromatic carbocycles. The van der Waals surface area contributed by atoms with Crippen molar-refractivity contribution in [2.75, 3.05) is 19.1 Å². The van der Waals surface area contributed by atoms with Crippen molar-refractivity contribution in [3.63, 3.8) is 0 Å². The van der Waals surface area contributed by atoms with Crippen LogP contribution in [-0.4, -0.2) is 23.6 Å². The summed E-state index contributed by atoms with van der Waals surface area (Å²) in [7, 11) is -3.81. The van der Waals surface area contributed by atoms with Crippen molar-refractivity contribution < 1.29 is 18.1 Å².